The van der Waals surface area contributed by atoms with E-state index in [0.29, 0.717) is 11.1 Å². The van der Waals surface area contributed by atoms with E-state index in [9.17, 15) is 0 Å². The van der Waals surface area contributed by atoms with Crippen molar-refractivity contribution >= 4 is 66.8 Å². The molecule has 84 heavy (non-hydrogen) atoms. The summed E-state index contributed by atoms with van der Waals surface area (Å²) in [6, 6.07) is 88.7. The molecule has 0 aliphatic heterocycles. The zero-order chi connectivity index (χ0) is 57.2. The van der Waals surface area contributed by atoms with Gasteiger partial charge in [-0.2, -0.15) is 0 Å². The number of anilines is 6. The standard InChI is InChI=1S/C79H60F2N2O/c1-77(2,3)51-35-43-55(44-36-51)82(53-39-31-49(32-40-53)57-19-11-16-28-68(57)80)70-47-66-73(62-24-8-7-23-61(62)70)75-67(79(66)64-26-14-9-21-59(64)60-22-10-15-27-65(60)79)48-71(76-74(75)63-25-13-18-30-72(63)84-76)83(56-45-37-52(38-46-56)78(4,5)6)54-41-33-50(34-42-54)58-20-12-17-29-69(58)81/h7-48H,1-6H3. The summed E-state index contributed by atoms with van der Waals surface area (Å²) in [4.78, 5) is 4.73. The van der Waals surface area contributed by atoms with Gasteiger partial charge in [-0.05, 0) is 162 Å². The Balaban J connectivity index is 1.06. The van der Waals surface area contributed by atoms with Crippen molar-refractivity contribution in [3.63, 3.8) is 0 Å². The third kappa shape index (κ3) is 7.82. The van der Waals surface area contributed by atoms with Crippen molar-refractivity contribution in [2.75, 3.05) is 9.80 Å². The number of halogens is 2. The molecule has 1 heterocycles. The average Bonchev–Trinajstić information content (AvgIpc) is 1.53. The Hall–Kier alpha value is -9.84. The van der Waals surface area contributed by atoms with Crippen molar-refractivity contribution in [1.82, 2.24) is 0 Å². The van der Waals surface area contributed by atoms with Gasteiger partial charge in [-0.15, -0.1) is 0 Å². The Kier molecular flexibility index (Phi) is 11.6. The van der Waals surface area contributed by atoms with Gasteiger partial charge in [0.2, 0.25) is 0 Å². The van der Waals surface area contributed by atoms with Crippen molar-refractivity contribution in [2.45, 2.75) is 57.8 Å². The van der Waals surface area contributed by atoms with Crippen molar-refractivity contribution in [1.29, 1.82) is 0 Å². The Morgan fingerprint density at radius 1 is 0.345 bits per heavy atom. The number of fused-ring (bicyclic) bond motifs is 16. The lowest BCUT2D eigenvalue weighted by Gasteiger charge is -2.34. The number of nitrogens with zero attached hydrogens (tertiary/aromatic N) is 2. The summed E-state index contributed by atoms with van der Waals surface area (Å²) in [6.45, 7) is 13.5. The van der Waals surface area contributed by atoms with Gasteiger partial charge in [0.15, 0.2) is 5.58 Å². The first-order chi connectivity index (χ1) is 40.8. The molecule has 15 rings (SSSR count). The normalized spacial score (nSPS) is 13.1. The second-order valence-corrected chi connectivity index (χ2v) is 24.6. The van der Waals surface area contributed by atoms with Gasteiger partial charge in [0.25, 0.3) is 0 Å². The highest BCUT2D eigenvalue weighted by Crippen LogP contribution is 2.67. The van der Waals surface area contributed by atoms with E-state index >= 15 is 8.78 Å². The van der Waals surface area contributed by atoms with Gasteiger partial charge in [-0.25, -0.2) is 8.78 Å². The summed E-state index contributed by atoms with van der Waals surface area (Å²) in [5, 5.41) is 4.25. The van der Waals surface area contributed by atoms with Crippen LogP contribution in [-0.2, 0) is 16.2 Å². The molecule has 0 atom stereocenters. The van der Waals surface area contributed by atoms with Gasteiger partial charge < -0.3 is 14.2 Å². The van der Waals surface area contributed by atoms with Crippen molar-refractivity contribution in [2.24, 2.45) is 0 Å². The van der Waals surface area contributed by atoms with E-state index in [1.807, 2.05) is 48.5 Å². The van der Waals surface area contributed by atoms with E-state index < -0.39 is 5.41 Å². The maximum Gasteiger partial charge on any atom is 0.160 e. The van der Waals surface area contributed by atoms with E-state index in [1.54, 1.807) is 12.1 Å². The summed E-state index contributed by atoms with van der Waals surface area (Å²) in [5.41, 5.74) is 20.9. The fourth-order valence-corrected chi connectivity index (χ4v) is 13.7. The fraction of sp³-hybridized carbons (Fsp3) is 0.114. The fourth-order valence-electron chi connectivity index (χ4n) is 13.7. The molecule has 3 nitrogen and oxygen atoms in total. The molecule has 0 unspecified atom stereocenters. The lowest BCUT2D eigenvalue weighted by atomic mass is 9.70. The van der Waals surface area contributed by atoms with Crippen LogP contribution in [0.5, 0.6) is 0 Å². The predicted octanol–water partition coefficient (Wildman–Crippen LogP) is 22.2. The first kappa shape index (κ1) is 51.1. The molecule has 2 aliphatic rings. The number of para-hydroxylation sites is 1. The summed E-state index contributed by atoms with van der Waals surface area (Å²) in [7, 11) is 0. The van der Waals surface area contributed by atoms with Crippen molar-refractivity contribution < 1.29 is 13.2 Å². The van der Waals surface area contributed by atoms with Crippen LogP contribution in [0, 0.1) is 11.6 Å². The van der Waals surface area contributed by atoms with E-state index in [1.165, 1.54) is 51.1 Å². The lowest BCUT2D eigenvalue weighted by molar-refractivity contribution is 0.590. The quantitative estimate of drug-likeness (QED) is 0.151. The van der Waals surface area contributed by atoms with E-state index in [0.717, 1.165) is 94.7 Å². The van der Waals surface area contributed by atoms with Gasteiger partial charge >= 0.3 is 0 Å². The minimum absolute atomic E-state index is 0.0651. The van der Waals surface area contributed by atoms with Gasteiger partial charge in [-0.1, -0.05) is 217 Å². The highest BCUT2D eigenvalue weighted by atomic mass is 19.1. The summed E-state index contributed by atoms with van der Waals surface area (Å²) in [5.74, 6) is -0.521. The van der Waals surface area contributed by atoms with E-state index in [2.05, 4.69) is 233 Å². The van der Waals surface area contributed by atoms with Crippen LogP contribution in [0.1, 0.15) is 74.9 Å². The summed E-state index contributed by atoms with van der Waals surface area (Å²) >= 11 is 0. The molecular weight excluding hydrogens is 1030 g/mol. The first-order valence-electron chi connectivity index (χ1n) is 29.0. The molecule has 0 N–H and O–H groups in total. The number of hydrogen-bond acceptors (Lipinski definition) is 3. The molecular formula is C79H60F2N2O. The second kappa shape index (κ2) is 19.1. The molecule has 0 bridgehead atoms. The molecule has 0 saturated carbocycles. The molecule has 0 fully saturated rings. The van der Waals surface area contributed by atoms with Crippen molar-refractivity contribution in [3.8, 4) is 44.5 Å². The van der Waals surface area contributed by atoms with Crippen LogP contribution < -0.4 is 9.80 Å². The van der Waals surface area contributed by atoms with Crippen LogP contribution >= 0.6 is 0 Å². The van der Waals surface area contributed by atoms with Crippen LogP contribution in [0.3, 0.4) is 0 Å². The van der Waals surface area contributed by atoms with E-state index in [4.69, 9.17) is 4.42 Å². The highest BCUT2D eigenvalue weighted by molar-refractivity contribution is 6.24. The molecule has 1 spiro atoms. The average molecular weight is 1090 g/mol. The zero-order valence-corrected chi connectivity index (χ0v) is 47.8. The van der Waals surface area contributed by atoms with E-state index in [-0.39, 0.29) is 22.5 Å². The molecule has 13 aromatic rings. The SMILES string of the molecule is CC(C)(C)c1ccc(N(c2ccc(-c3ccccc3F)cc2)c2cc3c(c4ccccc24)-c2c(cc(N(c4ccc(-c5ccccc5F)cc4)c4ccc(C(C)(C)C)cc4)c4oc5ccccc5c24)C32c3ccccc3-c3ccccc32)cc1. The number of furan rings is 1. The van der Waals surface area contributed by atoms with Gasteiger partial charge in [0, 0.05) is 50.0 Å². The number of rotatable bonds is 8. The van der Waals surface area contributed by atoms with Crippen LogP contribution in [0.15, 0.2) is 259 Å². The third-order valence-corrected chi connectivity index (χ3v) is 17.7. The Morgan fingerprint density at radius 2 is 0.726 bits per heavy atom. The maximum absolute atomic E-state index is 15.5. The highest BCUT2D eigenvalue weighted by Gasteiger charge is 2.54. The predicted molar refractivity (Wildman–Crippen MR) is 345 cm³/mol. The second-order valence-electron chi connectivity index (χ2n) is 24.6. The van der Waals surface area contributed by atoms with Crippen LogP contribution in [-0.4, -0.2) is 0 Å². The van der Waals surface area contributed by atoms with Crippen LogP contribution in [0.25, 0.3) is 77.2 Å². The van der Waals surface area contributed by atoms with Gasteiger partial charge in [-0.3, -0.25) is 0 Å². The third-order valence-electron chi connectivity index (χ3n) is 17.7. The van der Waals surface area contributed by atoms with Gasteiger partial charge in [0.05, 0.1) is 16.8 Å². The minimum Gasteiger partial charge on any atom is -0.454 e. The molecule has 406 valence electrons. The largest absolute Gasteiger partial charge is 0.454 e. The summed E-state index contributed by atoms with van der Waals surface area (Å²) in [6.07, 6.45) is 0. The number of hydrogen-bond donors (Lipinski definition) is 0. The van der Waals surface area contributed by atoms with Gasteiger partial charge in [0.1, 0.15) is 17.2 Å². The summed E-state index contributed by atoms with van der Waals surface area (Å²) < 4.78 is 38.4. The zero-order valence-electron chi connectivity index (χ0n) is 47.8. The molecule has 0 radical (unpaired) electrons. The molecule has 12 aromatic carbocycles. The van der Waals surface area contributed by atoms with Crippen molar-refractivity contribution in [3.05, 3.63) is 300 Å². The van der Waals surface area contributed by atoms with Crippen LogP contribution in [0.4, 0.5) is 42.9 Å². The maximum atomic E-state index is 15.5. The Labute approximate surface area is 489 Å². The molecule has 1 aromatic heterocycles. The molecule has 0 saturated heterocycles. The smallest absolute Gasteiger partial charge is 0.160 e. The first-order valence-corrected chi connectivity index (χ1v) is 29.0. The Morgan fingerprint density at radius 3 is 1.21 bits per heavy atom. The molecule has 2 aliphatic carbocycles. The monoisotopic (exact) mass is 1090 g/mol. The Bertz CT molecular complexity index is 4710. The minimum atomic E-state index is -0.842. The molecule has 5 heteroatoms. The topological polar surface area (TPSA) is 19.6 Å². The lowest BCUT2D eigenvalue weighted by Crippen LogP contribution is -2.26. The van der Waals surface area contributed by atoms with Crippen LogP contribution in [0.2, 0.25) is 0 Å². The molecule has 0 amide bonds. The number of benzene rings is 12.